The minimum Gasteiger partial charge on any atom is -0.482 e. The first kappa shape index (κ1) is 16.1. The van der Waals surface area contributed by atoms with Gasteiger partial charge >= 0.3 is 0 Å². The Bertz CT molecular complexity index is 1090. The standard InChI is InChI=1S/C20H16N2O4/c1-2-11-5-3-4-6-13(11)22-18-17(19(24)20(18)25)12-7-8-14-15(9-12)26-10-16(23)21-14/h3-9,22H,2,10H2,1H3,(H,21,23). The number of hydrogen-bond acceptors (Lipinski definition) is 5. The van der Waals surface area contributed by atoms with E-state index in [0.717, 1.165) is 17.7 Å². The summed E-state index contributed by atoms with van der Waals surface area (Å²) in [5, 5.41) is 5.81. The van der Waals surface area contributed by atoms with Crippen LogP contribution in [0.5, 0.6) is 5.75 Å². The van der Waals surface area contributed by atoms with Gasteiger partial charge in [-0.05, 0) is 35.7 Å². The molecule has 0 saturated heterocycles. The highest BCUT2D eigenvalue weighted by Crippen LogP contribution is 2.35. The third-order valence-electron chi connectivity index (χ3n) is 4.47. The number of fused-ring (bicyclic) bond motifs is 1. The van der Waals surface area contributed by atoms with Crippen molar-refractivity contribution in [2.75, 3.05) is 17.2 Å². The molecule has 0 aliphatic carbocycles. The van der Waals surface area contributed by atoms with Crippen LogP contribution in [0.4, 0.5) is 17.1 Å². The fourth-order valence-corrected chi connectivity index (χ4v) is 3.10. The molecule has 0 atom stereocenters. The molecule has 0 bridgehead atoms. The zero-order valence-electron chi connectivity index (χ0n) is 14.1. The summed E-state index contributed by atoms with van der Waals surface area (Å²) in [6.45, 7) is 1.95. The van der Waals surface area contributed by atoms with Crippen LogP contribution in [0.1, 0.15) is 12.5 Å². The van der Waals surface area contributed by atoms with Gasteiger partial charge in [0.15, 0.2) is 6.61 Å². The van der Waals surface area contributed by atoms with Crippen molar-refractivity contribution in [2.24, 2.45) is 0 Å². The molecular weight excluding hydrogens is 332 g/mol. The van der Waals surface area contributed by atoms with Gasteiger partial charge in [0, 0.05) is 5.69 Å². The maximum Gasteiger partial charge on any atom is 0.262 e. The number of anilines is 3. The molecule has 1 heterocycles. The fraction of sp³-hybridized carbons (Fsp3) is 0.150. The Balaban J connectivity index is 1.73. The third kappa shape index (κ3) is 2.56. The van der Waals surface area contributed by atoms with Crippen LogP contribution >= 0.6 is 0 Å². The van der Waals surface area contributed by atoms with E-state index in [9.17, 15) is 14.4 Å². The average molecular weight is 348 g/mol. The molecule has 1 amide bonds. The molecule has 6 nitrogen and oxygen atoms in total. The number of rotatable bonds is 4. The van der Waals surface area contributed by atoms with E-state index in [2.05, 4.69) is 10.6 Å². The van der Waals surface area contributed by atoms with Gasteiger partial charge in [0.25, 0.3) is 11.3 Å². The summed E-state index contributed by atoms with van der Waals surface area (Å²) in [4.78, 5) is 35.7. The van der Waals surface area contributed by atoms with Crippen LogP contribution in [0.15, 0.2) is 52.1 Å². The fourth-order valence-electron chi connectivity index (χ4n) is 3.10. The highest BCUT2D eigenvalue weighted by atomic mass is 16.5. The molecule has 1 aliphatic heterocycles. The summed E-state index contributed by atoms with van der Waals surface area (Å²) in [6.07, 6.45) is 0.806. The van der Waals surface area contributed by atoms with E-state index in [-0.39, 0.29) is 18.2 Å². The second-order valence-electron chi connectivity index (χ2n) is 6.09. The Morgan fingerprint density at radius 1 is 1.08 bits per heavy atom. The molecule has 4 rings (SSSR count). The Kier molecular flexibility index (Phi) is 3.80. The Morgan fingerprint density at radius 3 is 2.69 bits per heavy atom. The molecule has 0 spiro atoms. The number of nitrogens with one attached hydrogen (secondary N) is 2. The van der Waals surface area contributed by atoms with Crippen molar-refractivity contribution in [3.63, 3.8) is 0 Å². The molecule has 1 aliphatic rings. The van der Waals surface area contributed by atoms with Gasteiger partial charge in [-0.2, -0.15) is 0 Å². The third-order valence-corrected chi connectivity index (χ3v) is 4.47. The van der Waals surface area contributed by atoms with Crippen molar-refractivity contribution in [3.05, 3.63) is 68.5 Å². The Hall–Kier alpha value is -3.41. The van der Waals surface area contributed by atoms with Crippen molar-refractivity contribution in [3.8, 4) is 16.9 Å². The molecule has 0 unspecified atom stereocenters. The zero-order valence-corrected chi connectivity index (χ0v) is 14.1. The van der Waals surface area contributed by atoms with E-state index in [1.165, 1.54) is 0 Å². The predicted octanol–water partition coefficient (Wildman–Crippen LogP) is 2.59. The smallest absolute Gasteiger partial charge is 0.262 e. The molecule has 2 N–H and O–H groups in total. The quantitative estimate of drug-likeness (QED) is 0.708. The van der Waals surface area contributed by atoms with E-state index in [4.69, 9.17) is 4.74 Å². The zero-order chi connectivity index (χ0) is 18.3. The molecular formula is C20H16N2O4. The minimum atomic E-state index is -0.530. The summed E-state index contributed by atoms with van der Waals surface area (Å²) in [5.74, 6) is 0.257. The van der Waals surface area contributed by atoms with Crippen LogP contribution in [0.25, 0.3) is 11.1 Å². The lowest BCUT2D eigenvalue weighted by Gasteiger charge is -2.20. The molecule has 0 fully saturated rings. The molecule has 0 radical (unpaired) electrons. The topological polar surface area (TPSA) is 84.5 Å². The first-order chi connectivity index (χ1) is 12.6. The van der Waals surface area contributed by atoms with Crippen molar-refractivity contribution in [1.29, 1.82) is 0 Å². The van der Waals surface area contributed by atoms with Gasteiger partial charge in [-0.25, -0.2) is 0 Å². The Morgan fingerprint density at radius 2 is 1.88 bits per heavy atom. The van der Waals surface area contributed by atoms with Gasteiger partial charge in [0.2, 0.25) is 5.43 Å². The van der Waals surface area contributed by atoms with Crippen LogP contribution in [-0.4, -0.2) is 12.5 Å². The summed E-state index contributed by atoms with van der Waals surface area (Å²) in [5.41, 5.74) is 2.57. The van der Waals surface area contributed by atoms with Crippen LogP contribution in [-0.2, 0) is 11.2 Å². The molecule has 130 valence electrons. The average Bonchev–Trinajstić information content (AvgIpc) is 2.67. The molecule has 3 aromatic rings. The summed E-state index contributed by atoms with van der Waals surface area (Å²) in [7, 11) is 0. The normalized spacial score (nSPS) is 13.0. The van der Waals surface area contributed by atoms with Gasteiger partial charge in [0.05, 0.1) is 11.3 Å². The van der Waals surface area contributed by atoms with Gasteiger partial charge in [-0.3, -0.25) is 14.4 Å². The lowest BCUT2D eigenvalue weighted by atomic mass is 9.97. The lowest BCUT2D eigenvalue weighted by Crippen LogP contribution is -2.35. The van der Waals surface area contributed by atoms with Crippen molar-refractivity contribution < 1.29 is 9.53 Å². The second-order valence-corrected chi connectivity index (χ2v) is 6.09. The van der Waals surface area contributed by atoms with E-state index < -0.39 is 10.9 Å². The Labute approximate surface area is 149 Å². The van der Waals surface area contributed by atoms with E-state index in [0.29, 0.717) is 22.6 Å². The first-order valence-corrected chi connectivity index (χ1v) is 8.33. The first-order valence-electron chi connectivity index (χ1n) is 8.33. The van der Waals surface area contributed by atoms with Crippen molar-refractivity contribution >= 4 is 23.0 Å². The van der Waals surface area contributed by atoms with Gasteiger partial charge in [-0.1, -0.05) is 31.2 Å². The number of amides is 1. The van der Waals surface area contributed by atoms with Gasteiger partial charge < -0.3 is 15.4 Å². The van der Waals surface area contributed by atoms with Gasteiger partial charge in [0.1, 0.15) is 11.4 Å². The van der Waals surface area contributed by atoms with Crippen LogP contribution < -0.4 is 26.2 Å². The molecule has 0 aromatic heterocycles. The number of carbonyl (C=O) groups is 1. The van der Waals surface area contributed by atoms with E-state index in [1.54, 1.807) is 18.2 Å². The van der Waals surface area contributed by atoms with E-state index in [1.807, 2.05) is 31.2 Å². The van der Waals surface area contributed by atoms with Crippen LogP contribution in [0.2, 0.25) is 0 Å². The number of para-hydroxylation sites is 1. The summed E-state index contributed by atoms with van der Waals surface area (Å²) in [6, 6.07) is 12.7. The highest BCUT2D eigenvalue weighted by molar-refractivity contribution is 5.96. The largest absolute Gasteiger partial charge is 0.482 e. The summed E-state index contributed by atoms with van der Waals surface area (Å²) < 4.78 is 5.40. The van der Waals surface area contributed by atoms with Crippen LogP contribution in [0, 0.1) is 0 Å². The van der Waals surface area contributed by atoms with E-state index >= 15 is 0 Å². The maximum absolute atomic E-state index is 12.2. The monoisotopic (exact) mass is 348 g/mol. The molecule has 0 saturated carbocycles. The molecule has 26 heavy (non-hydrogen) atoms. The lowest BCUT2D eigenvalue weighted by molar-refractivity contribution is -0.118. The number of carbonyl (C=O) groups excluding carboxylic acids is 1. The van der Waals surface area contributed by atoms with Crippen molar-refractivity contribution in [2.45, 2.75) is 13.3 Å². The van der Waals surface area contributed by atoms with Crippen LogP contribution in [0.3, 0.4) is 0 Å². The predicted molar refractivity (Wildman–Crippen MR) is 100 cm³/mol. The maximum atomic E-state index is 12.2. The molecule has 3 aromatic carbocycles. The number of hydrogen-bond donors (Lipinski definition) is 2. The number of ether oxygens (including phenoxy) is 1. The second kappa shape index (κ2) is 6.15. The molecule has 6 heteroatoms. The highest BCUT2D eigenvalue weighted by Gasteiger charge is 2.25. The van der Waals surface area contributed by atoms with Crippen molar-refractivity contribution in [1.82, 2.24) is 0 Å². The van der Waals surface area contributed by atoms with Gasteiger partial charge in [-0.15, -0.1) is 0 Å². The number of aryl methyl sites for hydroxylation is 1. The SMILES string of the molecule is CCc1ccccc1Nc1c(-c2ccc3c(c2)OCC(=O)N3)c(=O)c1=O. The minimum absolute atomic E-state index is 0.0721. The number of benzene rings is 2. The summed E-state index contributed by atoms with van der Waals surface area (Å²) >= 11 is 0.